The smallest absolute Gasteiger partial charge is 0.335 e. The summed E-state index contributed by atoms with van der Waals surface area (Å²) in [4.78, 5) is 32.7. The van der Waals surface area contributed by atoms with E-state index in [2.05, 4.69) is 5.32 Å². The molecule has 3 N–H and O–H groups in total. The highest BCUT2D eigenvalue weighted by Gasteiger charge is 2.09. The van der Waals surface area contributed by atoms with Crippen molar-refractivity contribution in [3.8, 4) is 5.75 Å². The average Bonchev–Trinajstić information content (AvgIpc) is 2.55. The monoisotopic (exact) mass is 328 g/mol. The number of anilines is 1. The summed E-state index contributed by atoms with van der Waals surface area (Å²) in [7, 11) is 0. The van der Waals surface area contributed by atoms with E-state index >= 15 is 0 Å². The van der Waals surface area contributed by atoms with Crippen LogP contribution >= 0.6 is 0 Å². The summed E-state index contributed by atoms with van der Waals surface area (Å²) in [5.41, 5.74) is 0.301. The second kappa shape index (κ2) is 7.05. The molecule has 0 unspecified atom stereocenters. The first kappa shape index (κ1) is 16.7. The molecule has 0 aromatic heterocycles. The third-order valence-electron chi connectivity index (χ3n) is 3.01. The quantitative estimate of drug-likeness (QED) is 0.335. The van der Waals surface area contributed by atoms with Crippen LogP contribution in [0.4, 0.5) is 11.4 Å². The van der Waals surface area contributed by atoms with E-state index in [1.807, 2.05) is 0 Å². The van der Waals surface area contributed by atoms with Crippen LogP contribution < -0.4 is 5.32 Å². The van der Waals surface area contributed by atoms with Gasteiger partial charge < -0.3 is 15.5 Å². The molecule has 0 saturated heterocycles. The number of hydrogen-bond donors (Lipinski definition) is 3. The number of benzene rings is 2. The molecule has 24 heavy (non-hydrogen) atoms. The second-order valence-electron chi connectivity index (χ2n) is 4.71. The summed E-state index contributed by atoms with van der Waals surface area (Å²) in [5, 5.41) is 31.6. The number of amides is 1. The SMILES string of the molecule is O=C(/C=C/c1cccc([N+](=O)[O-])c1)Nc1ccc(C(=O)O)cc1O. The Hall–Kier alpha value is -3.68. The maximum atomic E-state index is 11.8. The van der Waals surface area contributed by atoms with E-state index in [1.165, 1.54) is 36.4 Å². The number of phenolic OH excluding ortho intramolecular Hbond substituents is 1. The zero-order valence-electron chi connectivity index (χ0n) is 12.2. The van der Waals surface area contributed by atoms with Crippen molar-refractivity contribution in [3.63, 3.8) is 0 Å². The lowest BCUT2D eigenvalue weighted by Crippen LogP contribution is -2.08. The molecule has 8 nitrogen and oxygen atoms in total. The average molecular weight is 328 g/mol. The largest absolute Gasteiger partial charge is 0.506 e. The van der Waals surface area contributed by atoms with Gasteiger partial charge in [0.05, 0.1) is 16.2 Å². The third-order valence-corrected chi connectivity index (χ3v) is 3.01. The predicted molar refractivity (Wildman–Crippen MR) is 85.8 cm³/mol. The third kappa shape index (κ3) is 4.17. The van der Waals surface area contributed by atoms with Crippen molar-refractivity contribution in [3.05, 3.63) is 69.8 Å². The van der Waals surface area contributed by atoms with Crippen LogP contribution in [0.25, 0.3) is 6.08 Å². The van der Waals surface area contributed by atoms with Crippen molar-refractivity contribution >= 4 is 29.3 Å². The molecule has 2 aromatic rings. The normalized spacial score (nSPS) is 10.5. The lowest BCUT2D eigenvalue weighted by atomic mass is 10.1. The molecular formula is C16H12N2O6. The van der Waals surface area contributed by atoms with Crippen molar-refractivity contribution in [2.24, 2.45) is 0 Å². The Bertz CT molecular complexity index is 844. The molecule has 122 valence electrons. The van der Waals surface area contributed by atoms with E-state index in [4.69, 9.17) is 5.11 Å². The van der Waals surface area contributed by atoms with E-state index in [-0.39, 0.29) is 22.7 Å². The zero-order chi connectivity index (χ0) is 17.7. The lowest BCUT2D eigenvalue weighted by molar-refractivity contribution is -0.384. The van der Waals surface area contributed by atoms with E-state index in [0.717, 1.165) is 12.1 Å². The second-order valence-corrected chi connectivity index (χ2v) is 4.71. The summed E-state index contributed by atoms with van der Waals surface area (Å²) in [6.45, 7) is 0. The number of non-ortho nitro benzene ring substituents is 1. The highest BCUT2D eigenvalue weighted by Crippen LogP contribution is 2.24. The molecule has 0 radical (unpaired) electrons. The Morgan fingerprint density at radius 2 is 1.92 bits per heavy atom. The minimum atomic E-state index is -1.20. The fraction of sp³-hybridized carbons (Fsp3) is 0. The van der Waals surface area contributed by atoms with Gasteiger partial charge in [-0.3, -0.25) is 14.9 Å². The summed E-state index contributed by atoms with van der Waals surface area (Å²) in [6, 6.07) is 9.24. The highest BCUT2D eigenvalue weighted by molar-refractivity contribution is 6.03. The number of aromatic carboxylic acids is 1. The summed E-state index contributed by atoms with van der Waals surface area (Å²) in [6.07, 6.45) is 2.52. The van der Waals surface area contributed by atoms with Gasteiger partial charge in [0.25, 0.3) is 5.69 Å². The van der Waals surface area contributed by atoms with Crippen LogP contribution in [-0.4, -0.2) is 27.0 Å². The van der Waals surface area contributed by atoms with Gasteiger partial charge in [0.15, 0.2) is 0 Å². The summed E-state index contributed by atoms with van der Waals surface area (Å²) in [5.74, 6) is -2.17. The molecular weight excluding hydrogens is 316 g/mol. The van der Waals surface area contributed by atoms with Gasteiger partial charge in [-0.25, -0.2) is 4.79 Å². The molecule has 0 spiro atoms. The minimum absolute atomic E-state index is 0.0497. The molecule has 0 aliphatic carbocycles. The Morgan fingerprint density at radius 1 is 1.17 bits per heavy atom. The van der Waals surface area contributed by atoms with Gasteiger partial charge in [-0.15, -0.1) is 0 Å². The van der Waals surface area contributed by atoms with Gasteiger partial charge in [0, 0.05) is 18.2 Å². The van der Waals surface area contributed by atoms with Gasteiger partial charge in [0.2, 0.25) is 5.91 Å². The number of nitro groups is 1. The van der Waals surface area contributed by atoms with Crippen LogP contribution in [-0.2, 0) is 4.79 Å². The zero-order valence-corrected chi connectivity index (χ0v) is 12.2. The Kier molecular flexibility index (Phi) is 4.90. The first-order valence-corrected chi connectivity index (χ1v) is 6.66. The molecule has 0 heterocycles. The van der Waals surface area contributed by atoms with Gasteiger partial charge in [-0.1, -0.05) is 12.1 Å². The Labute approximate surface area is 135 Å². The standard InChI is InChI=1S/C16H12N2O6/c19-14-9-11(16(21)22)5-6-13(14)17-15(20)7-4-10-2-1-3-12(8-10)18(23)24/h1-9,19H,(H,17,20)(H,21,22)/b7-4+. The van der Waals surface area contributed by atoms with Gasteiger partial charge in [-0.2, -0.15) is 0 Å². The summed E-state index contributed by atoms with van der Waals surface area (Å²) >= 11 is 0. The van der Waals surface area contributed by atoms with Gasteiger partial charge >= 0.3 is 5.97 Å². The maximum absolute atomic E-state index is 11.8. The molecule has 0 saturated carbocycles. The van der Waals surface area contributed by atoms with Crippen LogP contribution in [0.1, 0.15) is 15.9 Å². The van der Waals surface area contributed by atoms with Crippen molar-refractivity contribution < 1.29 is 24.7 Å². The van der Waals surface area contributed by atoms with Crippen LogP contribution in [0, 0.1) is 10.1 Å². The fourth-order valence-corrected chi connectivity index (χ4v) is 1.86. The number of carboxylic acid groups (broad SMARTS) is 1. The van der Waals surface area contributed by atoms with Crippen LogP contribution in [0.5, 0.6) is 5.75 Å². The number of hydrogen-bond acceptors (Lipinski definition) is 5. The Balaban J connectivity index is 2.09. The van der Waals surface area contributed by atoms with E-state index < -0.39 is 16.8 Å². The number of nitro benzene ring substituents is 1. The number of aromatic hydroxyl groups is 1. The minimum Gasteiger partial charge on any atom is -0.506 e. The molecule has 2 aromatic carbocycles. The lowest BCUT2D eigenvalue weighted by Gasteiger charge is -2.05. The number of rotatable bonds is 5. The number of carbonyl (C=O) groups excluding carboxylic acids is 1. The molecule has 2 rings (SSSR count). The van der Waals surface area contributed by atoms with Crippen LogP contribution in [0.3, 0.4) is 0 Å². The molecule has 0 fully saturated rings. The molecule has 8 heteroatoms. The Morgan fingerprint density at radius 3 is 2.54 bits per heavy atom. The number of nitrogens with one attached hydrogen (secondary N) is 1. The van der Waals surface area contributed by atoms with E-state index in [1.54, 1.807) is 6.07 Å². The topological polar surface area (TPSA) is 130 Å². The van der Waals surface area contributed by atoms with Crippen molar-refractivity contribution in [1.82, 2.24) is 0 Å². The molecule has 0 aliphatic rings. The molecule has 0 aliphatic heterocycles. The van der Waals surface area contributed by atoms with Crippen molar-refractivity contribution in [2.75, 3.05) is 5.32 Å². The number of carboxylic acids is 1. The van der Waals surface area contributed by atoms with Gasteiger partial charge in [0.1, 0.15) is 5.75 Å². The molecule has 1 amide bonds. The van der Waals surface area contributed by atoms with Crippen molar-refractivity contribution in [2.45, 2.75) is 0 Å². The van der Waals surface area contributed by atoms with E-state index in [9.17, 15) is 24.8 Å². The first-order chi connectivity index (χ1) is 11.4. The first-order valence-electron chi connectivity index (χ1n) is 6.66. The van der Waals surface area contributed by atoms with Crippen LogP contribution in [0.15, 0.2) is 48.5 Å². The number of carbonyl (C=O) groups is 2. The predicted octanol–water partition coefficient (Wildman–Crippen LogP) is 2.65. The molecule has 0 atom stereocenters. The fourth-order valence-electron chi connectivity index (χ4n) is 1.86. The highest BCUT2D eigenvalue weighted by atomic mass is 16.6. The maximum Gasteiger partial charge on any atom is 0.335 e. The summed E-state index contributed by atoms with van der Waals surface area (Å²) < 4.78 is 0. The molecule has 0 bridgehead atoms. The van der Waals surface area contributed by atoms with Gasteiger partial charge in [-0.05, 0) is 29.8 Å². The van der Waals surface area contributed by atoms with E-state index in [0.29, 0.717) is 5.56 Å². The van der Waals surface area contributed by atoms with Crippen molar-refractivity contribution in [1.29, 1.82) is 0 Å². The number of phenols is 1. The number of nitrogens with zero attached hydrogens (tertiary/aromatic N) is 1. The van der Waals surface area contributed by atoms with Crippen LogP contribution in [0.2, 0.25) is 0 Å².